The van der Waals surface area contributed by atoms with E-state index in [1.165, 1.54) is 5.56 Å². The predicted octanol–water partition coefficient (Wildman–Crippen LogP) is 4.14. The Hall–Kier alpha value is -2.33. The Balaban J connectivity index is 2.31. The Morgan fingerprint density at radius 3 is 2.42 bits per heavy atom. The summed E-state index contributed by atoms with van der Waals surface area (Å²) in [5, 5.41) is 11.5. The number of para-hydroxylation sites is 1. The molecule has 0 saturated heterocycles. The number of halogens is 1. The first kappa shape index (κ1) is 16.5. The number of carboxylic acid groups (broad SMARTS) is 1. The van der Waals surface area contributed by atoms with Gasteiger partial charge in [-0.25, -0.2) is 0 Å². The van der Waals surface area contributed by atoms with Crippen molar-refractivity contribution in [2.24, 2.45) is 0 Å². The van der Waals surface area contributed by atoms with Crippen molar-refractivity contribution in [1.29, 1.82) is 0 Å². The maximum Gasteiger partial charge on any atom is 0.0733 e. The van der Waals surface area contributed by atoms with E-state index in [2.05, 4.69) is 28.9 Å². The zero-order chi connectivity index (χ0) is 17.3. The second kappa shape index (κ2) is 6.65. The number of carbonyl (C=O) groups excluding carboxylic acids is 1. The normalized spacial score (nSPS) is 10.8. The van der Waals surface area contributed by atoms with Gasteiger partial charge in [0, 0.05) is 21.4 Å². The number of aromatic nitrogens is 1. The summed E-state index contributed by atoms with van der Waals surface area (Å²) in [7, 11) is 0. The number of carbonyl (C=O) groups is 1. The van der Waals surface area contributed by atoms with Crippen molar-refractivity contribution in [3.8, 4) is 16.9 Å². The summed E-state index contributed by atoms with van der Waals surface area (Å²) < 4.78 is 2.99. The van der Waals surface area contributed by atoms with Gasteiger partial charge in [0.05, 0.1) is 11.7 Å². The molecule has 0 fully saturated rings. The molecular weight excluding hydrogens is 366 g/mol. The lowest BCUT2D eigenvalue weighted by molar-refractivity contribution is -0.255. The Bertz CT molecular complexity index is 895. The number of hydrogen-bond acceptors (Lipinski definition) is 2. The molecule has 3 rings (SSSR count). The van der Waals surface area contributed by atoms with Gasteiger partial charge in [0.15, 0.2) is 0 Å². The molecule has 2 aromatic carbocycles. The van der Waals surface area contributed by atoms with E-state index in [1.54, 1.807) is 6.07 Å². The Morgan fingerprint density at radius 2 is 1.79 bits per heavy atom. The molecule has 0 aliphatic rings. The van der Waals surface area contributed by atoms with Crippen LogP contribution in [0.2, 0.25) is 0 Å². The second-order valence-corrected chi connectivity index (χ2v) is 6.56. The van der Waals surface area contributed by atoms with Gasteiger partial charge in [-0.1, -0.05) is 53.2 Å². The molecule has 1 aromatic heterocycles. The van der Waals surface area contributed by atoms with Gasteiger partial charge in [-0.05, 0) is 48.7 Å². The van der Waals surface area contributed by atoms with Crippen molar-refractivity contribution in [3.63, 3.8) is 0 Å². The van der Waals surface area contributed by atoms with Gasteiger partial charge in [0.25, 0.3) is 0 Å². The van der Waals surface area contributed by atoms with E-state index in [1.807, 2.05) is 54.0 Å². The van der Waals surface area contributed by atoms with Crippen LogP contribution in [-0.4, -0.2) is 10.5 Å². The smallest absolute Gasteiger partial charge is 0.0733 e. The Labute approximate surface area is 149 Å². The molecule has 0 bridgehead atoms. The summed E-state index contributed by atoms with van der Waals surface area (Å²) in [6.07, 6.45) is 0.869. The monoisotopic (exact) mass is 382 g/mol. The molecule has 0 atom stereocenters. The van der Waals surface area contributed by atoms with Crippen LogP contribution >= 0.6 is 15.9 Å². The zero-order valence-electron chi connectivity index (χ0n) is 13.5. The van der Waals surface area contributed by atoms with Crippen molar-refractivity contribution in [2.75, 3.05) is 0 Å². The van der Waals surface area contributed by atoms with Crippen LogP contribution in [0.3, 0.4) is 0 Å². The summed E-state index contributed by atoms with van der Waals surface area (Å²) in [4.78, 5) is 11.5. The average Bonchev–Trinajstić information content (AvgIpc) is 2.93. The number of benzene rings is 2. The van der Waals surface area contributed by atoms with E-state index in [9.17, 15) is 9.90 Å². The molecule has 0 spiro atoms. The maximum absolute atomic E-state index is 11.5. The molecular formula is C20H17BrNO2-. The van der Waals surface area contributed by atoms with Crippen LogP contribution in [0.15, 0.2) is 59.1 Å². The van der Waals surface area contributed by atoms with Gasteiger partial charge in [-0.3, -0.25) is 0 Å². The van der Waals surface area contributed by atoms with Crippen molar-refractivity contribution < 1.29 is 9.90 Å². The SMILES string of the molecule is CCc1ccccc1-n1c(-c2ccc(Br)cc2)cc(C(=O)[O-])c1C. The minimum atomic E-state index is -1.15. The molecule has 0 amide bonds. The highest BCUT2D eigenvalue weighted by atomic mass is 79.9. The largest absolute Gasteiger partial charge is 0.545 e. The molecule has 0 unspecified atom stereocenters. The third-order valence-electron chi connectivity index (χ3n) is 4.22. The van der Waals surface area contributed by atoms with Gasteiger partial charge in [-0.2, -0.15) is 0 Å². The number of carboxylic acids is 1. The number of aromatic carboxylic acids is 1. The summed E-state index contributed by atoms with van der Waals surface area (Å²) in [5.74, 6) is -1.15. The lowest BCUT2D eigenvalue weighted by Crippen LogP contribution is -2.22. The first-order chi connectivity index (χ1) is 11.5. The second-order valence-electron chi connectivity index (χ2n) is 5.64. The van der Waals surface area contributed by atoms with Gasteiger partial charge < -0.3 is 14.5 Å². The molecule has 0 saturated carbocycles. The van der Waals surface area contributed by atoms with Crippen LogP contribution in [0.1, 0.15) is 28.5 Å². The van der Waals surface area contributed by atoms with E-state index < -0.39 is 5.97 Å². The van der Waals surface area contributed by atoms with Crippen LogP contribution in [0.25, 0.3) is 16.9 Å². The fraction of sp³-hybridized carbons (Fsp3) is 0.150. The van der Waals surface area contributed by atoms with E-state index in [0.29, 0.717) is 5.69 Å². The van der Waals surface area contributed by atoms with Crippen molar-refractivity contribution in [1.82, 2.24) is 4.57 Å². The predicted molar refractivity (Wildman–Crippen MR) is 97.4 cm³/mol. The van der Waals surface area contributed by atoms with Crippen LogP contribution in [0.5, 0.6) is 0 Å². The summed E-state index contributed by atoms with van der Waals surface area (Å²) >= 11 is 3.44. The fourth-order valence-electron chi connectivity index (χ4n) is 2.98. The highest BCUT2D eigenvalue weighted by Gasteiger charge is 2.17. The minimum Gasteiger partial charge on any atom is -0.545 e. The lowest BCUT2D eigenvalue weighted by Gasteiger charge is -2.16. The molecule has 4 heteroatoms. The standard InChI is InChI=1S/C20H18BrNO2/c1-3-14-6-4-5-7-18(14)22-13(2)17(20(23)24)12-19(22)15-8-10-16(21)11-9-15/h4-12H,3H2,1-2H3,(H,23,24)/p-1. The summed E-state index contributed by atoms with van der Waals surface area (Å²) in [6.45, 7) is 3.91. The van der Waals surface area contributed by atoms with Gasteiger partial charge in [-0.15, -0.1) is 0 Å². The van der Waals surface area contributed by atoms with Crippen molar-refractivity contribution in [3.05, 3.63) is 75.9 Å². The van der Waals surface area contributed by atoms with Crippen LogP contribution in [-0.2, 0) is 6.42 Å². The number of rotatable bonds is 4. The number of aryl methyl sites for hydroxylation is 1. The fourth-order valence-corrected chi connectivity index (χ4v) is 3.25. The van der Waals surface area contributed by atoms with Crippen molar-refractivity contribution in [2.45, 2.75) is 20.3 Å². The zero-order valence-corrected chi connectivity index (χ0v) is 15.1. The molecule has 0 aliphatic carbocycles. The molecule has 122 valence electrons. The molecule has 0 N–H and O–H groups in total. The first-order valence-electron chi connectivity index (χ1n) is 7.80. The molecule has 0 aliphatic heterocycles. The highest BCUT2D eigenvalue weighted by molar-refractivity contribution is 9.10. The summed E-state index contributed by atoms with van der Waals surface area (Å²) in [5.41, 5.74) is 4.87. The molecule has 1 heterocycles. The average molecular weight is 383 g/mol. The van der Waals surface area contributed by atoms with E-state index in [4.69, 9.17) is 0 Å². The maximum atomic E-state index is 11.5. The summed E-state index contributed by atoms with van der Waals surface area (Å²) in [6, 6.07) is 17.6. The van der Waals surface area contributed by atoms with E-state index >= 15 is 0 Å². The lowest BCUT2D eigenvalue weighted by atomic mass is 10.1. The van der Waals surface area contributed by atoms with E-state index in [-0.39, 0.29) is 5.56 Å². The molecule has 3 aromatic rings. The third-order valence-corrected chi connectivity index (χ3v) is 4.75. The molecule has 24 heavy (non-hydrogen) atoms. The number of hydrogen-bond donors (Lipinski definition) is 0. The third kappa shape index (κ3) is 2.89. The van der Waals surface area contributed by atoms with Gasteiger partial charge >= 0.3 is 0 Å². The van der Waals surface area contributed by atoms with Gasteiger partial charge in [0.1, 0.15) is 0 Å². The quantitative estimate of drug-likeness (QED) is 0.680. The van der Waals surface area contributed by atoms with Crippen LogP contribution in [0.4, 0.5) is 0 Å². The van der Waals surface area contributed by atoms with Crippen molar-refractivity contribution >= 4 is 21.9 Å². The van der Waals surface area contributed by atoms with Crippen LogP contribution in [0, 0.1) is 6.92 Å². The Morgan fingerprint density at radius 1 is 1.12 bits per heavy atom. The Kier molecular flexibility index (Phi) is 4.58. The minimum absolute atomic E-state index is 0.221. The van der Waals surface area contributed by atoms with Gasteiger partial charge in [0.2, 0.25) is 0 Å². The van der Waals surface area contributed by atoms with Crippen LogP contribution < -0.4 is 5.11 Å². The molecule has 3 nitrogen and oxygen atoms in total. The topological polar surface area (TPSA) is 45.1 Å². The number of nitrogens with zero attached hydrogens (tertiary/aromatic N) is 1. The van der Waals surface area contributed by atoms with E-state index in [0.717, 1.165) is 27.8 Å². The molecule has 0 radical (unpaired) electrons. The highest BCUT2D eigenvalue weighted by Crippen LogP contribution is 2.31. The first-order valence-corrected chi connectivity index (χ1v) is 8.60.